The lowest BCUT2D eigenvalue weighted by Gasteiger charge is -2.17. The molecule has 0 heterocycles. The first kappa shape index (κ1) is 14.7. The Morgan fingerprint density at radius 2 is 1.85 bits per heavy atom. The molecule has 0 aliphatic heterocycles. The maximum absolute atomic E-state index is 13.5. The summed E-state index contributed by atoms with van der Waals surface area (Å²) in [6.45, 7) is 2.71. The summed E-state index contributed by atoms with van der Waals surface area (Å²) in [5.74, 6) is -0.398. The van der Waals surface area contributed by atoms with Crippen LogP contribution in [0.4, 0.5) is 8.78 Å². The summed E-state index contributed by atoms with van der Waals surface area (Å²) in [5, 5.41) is 3.36. The highest BCUT2D eigenvalue weighted by molar-refractivity contribution is 5.21. The Balaban J connectivity index is 1.93. The molecular formula is C17H19F2N. The van der Waals surface area contributed by atoms with Gasteiger partial charge in [-0.1, -0.05) is 37.3 Å². The highest BCUT2D eigenvalue weighted by atomic mass is 19.1. The van der Waals surface area contributed by atoms with Crippen molar-refractivity contribution < 1.29 is 8.78 Å². The minimum atomic E-state index is -0.225. The van der Waals surface area contributed by atoms with E-state index >= 15 is 0 Å². The fourth-order valence-electron chi connectivity index (χ4n) is 2.30. The van der Waals surface area contributed by atoms with Crippen molar-refractivity contribution in [1.82, 2.24) is 5.32 Å². The van der Waals surface area contributed by atoms with Crippen LogP contribution in [-0.4, -0.2) is 6.54 Å². The van der Waals surface area contributed by atoms with Gasteiger partial charge in [0.1, 0.15) is 11.6 Å². The molecule has 0 bridgehead atoms. The molecule has 2 aromatic carbocycles. The van der Waals surface area contributed by atoms with E-state index in [-0.39, 0.29) is 17.7 Å². The number of nitrogens with one attached hydrogen (secondary N) is 1. The Labute approximate surface area is 118 Å². The van der Waals surface area contributed by atoms with Gasteiger partial charge >= 0.3 is 0 Å². The predicted octanol–water partition coefficient (Wildman–Crippen LogP) is 4.25. The number of benzene rings is 2. The Hall–Kier alpha value is -1.74. The summed E-state index contributed by atoms with van der Waals surface area (Å²) in [7, 11) is 0. The monoisotopic (exact) mass is 275 g/mol. The summed E-state index contributed by atoms with van der Waals surface area (Å²) < 4.78 is 26.7. The fraction of sp³-hybridized carbons (Fsp3) is 0.294. The molecular weight excluding hydrogens is 256 g/mol. The maximum Gasteiger partial charge on any atom is 0.126 e. The first-order chi connectivity index (χ1) is 9.70. The van der Waals surface area contributed by atoms with Gasteiger partial charge in [0, 0.05) is 6.04 Å². The van der Waals surface area contributed by atoms with Crippen LogP contribution < -0.4 is 5.32 Å². The predicted molar refractivity (Wildman–Crippen MR) is 77.5 cm³/mol. The Bertz CT molecular complexity index is 554. The van der Waals surface area contributed by atoms with E-state index in [0.29, 0.717) is 18.5 Å². The molecule has 0 saturated heterocycles. The van der Waals surface area contributed by atoms with Crippen LogP contribution in [0.2, 0.25) is 0 Å². The van der Waals surface area contributed by atoms with Gasteiger partial charge in [-0.3, -0.25) is 0 Å². The van der Waals surface area contributed by atoms with Gasteiger partial charge in [0.25, 0.3) is 0 Å². The van der Waals surface area contributed by atoms with Crippen molar-refractivity contribution in [3.05, 3.63) is 71.3 Å². The SMILES string of the molecule is CCC(NCCc1ccccc1F)c1cccc(F)c1. The van der Waals surface area contributed by atoms with Crippen LogP contribution in [0, 0.1) is 11.6 Å². The zero-order valence-corrected chi connectivity index (χ0v) is 11.6. The van der Waals surface area contributed by atoms with Crippen LogP contribution >= 0.6 is 0 Å². The van der Waals surface area contributed by atoms with E-state index in [4.69, 9.17) is 0 Å². The number of hydrogen-bond acceptors (Lipinski definition) is 1. The second-order valence-electron chi connectivity index (χ2n) is 4.81. The van der Waals surface area contributed by atoms with E-state index in [1.54, 1.807) is 24.3 Å². The Morgan fingerprint density at radius 1 is 1.05 bits per heavy atom. The highest BCUT2D eigenvalue weighted by Crippen LogP contribution is 2.17. The third-order valence-electron chi connectivity index (χ3n) is 3.40. The van der Waals surface area contributed by atoms with Crippen molar-refractivity contribution in [2.24, 2.45) is 0 Å². The molecule has 20 heavy (non-hydrogen) atoms. The maximum atomic E-state index is 13.5. The summed E-state index contributed by atoms with van der Waals surface area (Å²) >= 11 is 0. The van der Waals surface area contributed by atoms with Gasteiger partial charge in [-0.15, -0.1) is 0 Å². The molecule has 0 amide bonds. The lowest BCUT2D eigenvalue weighted by molar-refractivity contribution is 0.512. The topological polar surface area (TPSA) is 12.0 Å². The number of hydrogen-bond donors (Lipinski definition) is 1. The zero-order valence-electron chi connectivity index (χ0n) is 11.6. The molecule has 0 radical (unpaired) electrons. The van der Waals surface area contributed by atoms with Gasteiger partial charge in [-0.05, 0) is 48.7 Å². The van der Waals surface area contributed by atoms with Crippen molar-refractivity contribution in [2.45, 2.75) is 25.8 Å². The molecule has 0 aromatic heterocycles. The summed E-state index contributed by atoms with van der Waals surface area (Å²) in [6.07, 6.45) is 1.49. The third-order valence-corrected chi connectivity index (χ3v) is 3.40. The smallest absolute Gasteiger partial charge is 0.126 e. The minimum Gasteiger partial charge on any atom is -0.310 e. The molecule has 106 valence electrons. The van der Waals surface area contributed by atoms with E-state index in [1.807, 2.05) is 19.1 Å². The van der Waals surface area contributed by atoms with Crippen LogP contribution in [-0.2, 0) is 6.42 Å². The molecule has 0 aliphatic rings. The molecule has 0 spiro atoms. The number of halogens is 2. The van der Waals surface area contributed by atoms with Crippen LogP contribution in [0.3, 0.4) is 0 Å². The van der Waals surface area contributed by atoms with E-state index in [9.17, 15) is 8.78 Å². The quantitative estimate of drug-likeness (QED) is 0.831. The fourth-order valence-corrected chi connectivity index (χ4v) is 2.30. The Morgan fingerprint density at radius 3 is 2.55 bits per heavy atom. The minimum absolute atomic E-state index is 0.0949. The molecule has 0 saturated carbocycles. The zero-order chi connectivity index (χ0) is 14.4. The van der Waals surface area contributed by atoms with E-state index < -0.39 is 0 Å². The average molecular weight is 275 g/mol. The van der Waals surface area contributed by atoms with Gasteiger partial charge in [-0.25, -0.2) is 8.78 Å². The van der Waals surface area contributed by atoms with Gasteiger partial charge in [0.15, 0.2) is 0 Å². The van der Waals surface area contributed by atoms with E-state index in [1.165, 1.54) is 12.1 Å². The van der Waals surface area contributed by atoms with Crippen molar-refractivity contribution in [3.63, 3.8) is 0 Å². The molecule has 1 nitrogen and oxygen atoms in total. The molecule has 1 unspecified atom stereocenters. The van der Waals surface area contributed by atoms with Crippen molar-refractivity contribution in [2.75, 3.05) is 6.54 Å². The Kier molecular flexibility index (Phi) is 5.24. The molecule has 2 aromatic rings. The average Bonchev–Trinajstić information content (AvgIpc) is 2.45. The standard InChI is InChI=1S/C17H19F2N/c1-2-17(14-7-5-8-15(18)12-14)20-11-10-13-6-3-4-9-16(13)19/h3-9,12,17,20H,2,10-11H2,1H3. The van der Waals surface area contributed by atoms with Gasteiger partial charge in [0.2, 0.25) is 0 Å². The summed E-state index contributed by atoms with van der Waals surface area (Å²) in [4.78, 5) is 0. The van der Waals surface area contributed by atoms with E-state index in [2.05, 4.69) is 5.32 Å². The first-order valence-corrected chi connectivity index (χ1v) is 6.93. The lowest BCUT2D eigenvalue weighted by atomic mass is 10.0. The molecule has 1 atom stereocenters. The van der Waals surface area contributed by atoms with Crippen LogP contribution in [0.5, 0.6) is 0 Å². The van der Waals surface area contributed by atoms with Gasteiger partial charge in [0.05, 0.1) is 0 Å². The first-order valence-electron chi connectivity index (χ1n) is 6.93. The van der Waals surface area contributed by atoms with E-state index in [0.717, 1.165) is 12.0 Å². The van der Waals surface area contributed by atoms with Crippen LogP contribution in [0.15, 0.2) is 48.5 Å². The van der Waals surface area contributed by atoms with Crippen molar-refractivity contribution >= 4 is 0 Å². The molecule has 0 aliphatic carbocycles. The highest BCUT2D eigenvalue weighted by Gasteiger charge is 2.09. The third kappa shape index (κ3) is 3.87. The number of rotatable bonds is 6. The van der Waals surface area contributed by atoms with Crippen molar-refractivity contribution in [3.8, 4) is 0 Å². The lowest BCUT2D eigenvalue weighted by Crippen LogP contribution is -2.23. The molecule has 3 heteroatoms. The summed E-state index contributed by atoms with van der Waals surface area (Å²) in [5.41, 5.74) is 1.63. The molecule has 0 fully saturated rings. The second-order valence-corrected chi connectivity index (χ2v) is 4.81. The van der Waals surface area contributed by atoms with Crippen LogP contribution in [0.1, 0.15) is 30.5 Å². The summed E-state index contributed by atoms with van der Waals surface area (Å²) in [6, 6.07) is 13.5. The van der Waals surface area contributed by atoms with Gasteiger partial charge in [-0.2, -0.15) is 0 Å². The van der Waals surface area contributed by atoms with Gasteiger partial charge < -0.3 is 5.32 Å². The normalized spacial score (nSPS) is 12.3. The second kappa shape index (κ2) is 7.15. The molecule has 2 rings (SSSR count). The largest absolute Gasteiger partial charge is 0.310 e. The molecule has 1 N–H and O–H groups in total. The van der Waals surface area contributed by atoms with Crippen LogP contribution in [0.25, 0.3) is 0 Å². The van der Waals surface area contributed by atoms with Crippen molar-refractivity contribution in [1.29, 1.82) is 0 Å².